The number of benzene rings is 1. The SMILES string of the molecule is C=C(C)C(=O)OC(CC(C)C)c1ccccc1. The monoisotopic (exact) mass is 232 g/mol. The first-order valence-corrected chi connectivity index (χ1v) is 5.92. The van der Waals surface area contributed by atoms with Crippen molar-refractivity contribution in [3.8, 4) is 0 Å². The van der Waals surface area contributed by atoms with Gasteiger partial charge in [0.1, 0.15) is 6.10 Å². The van der Waals surface area contributed by atoms with Gasteiger partial charge in [0.05, 0.1) is 0 Å². The summed E-state index contributed by atoms with van der Waals surface area (Å²) in [6, 6.07) is 9.84. The van der Waals surface area contributed by atoms with Crippen LogP contribution < -0.4 is 0 Å². The lowest BCUT2D eigenvalue weighted by Crippen LogP contribution is -2.13. The van der Waals surface area contributed by atoms with Gasteiger partial charge in [0.25, 0.3) is 0 Å². The number of hydrogen-bond donors (Lipinski definition) is 0. The molecule has 0 radical (unpaired) electrons. The molecule has 0 aliphatic carbocycles. The van der Waals surface area contributed by atoms with E-state index in [1.54, 1.807) is 6.92 Å². The number of rotatable bonds is 5. The maximum absolute atomic E-state index is 11.6. The third-order valence-electron chi connectivity index (χ3n) is 2.45. The van der Waals surface area contributed by atoms with E-state index in [4.69, 9.17) is 4.74 Å². The largest absolute Gasteiger partial charge is 0.454 e. The maximum atomic E-state index is 11.6. The molecule has 17 heavy (non-hydrogen) atoms. The predicted octanol–water partition coefficient (Wildman–Crippen LogP) is 3.89. The van der Waals surface area contributed by atoms with Gasteiger partial charge in [-0.2, -0.15) is 0 Å². The van der Waals surface area contributed by atoms with Gasteiger partial charge in [0.15, 0.2) is 0 Å². The Kier molecular flexibility index (Phi) is 4.95. The number of carbonyl (C=O) groups is 1. The lowest BCUT2D eigenvalue weighted by molar-refractivity contribution is -0.145. The van der Waals surface area contributed by atoms with Crippen LogP contribution in [0.5, 0.6) is 0 Å². The zero-order chi connectivity index (χ0) is 12.8. The highest BCUT2D eigenvalue weighted by atomic mass is 16.5. The molecule has 0 N–H and O–H groups in total. The number of esters is 1. The normalized spacial score (nSPS) is 12.2. The maximum Gasteiger partial charge on any atom is 0.333 e. The van der Waals surface area contributed by atoms with E-state index in [1.165, 1.54) is 0 Å². The molecule has 1 aromatic carbocycles. The molecule has 0 bridgehead atoms. The van der Waals surface area contributed by atoms with E-state index in [0.717, 1.165) is 12.0 Å². The van der Waals surface area contributed by atoms with E-state index in [1.807, 2.05) is 30.3 Å². The summed E-state index contributed by atoms with van der Waals surface area (Å²) in [4.78, 5) is 11.6. The molecule has 0 saturated heterocycles. The van der Waals surface area contributed by atoms with E-state index in [2.05, 4.69) is 20.4 Å². The molecule has 0 heterocycles. The van der Waals surface area contributed by atoms with Crippen LogP contribution in [0.15, 0.2) is 42.5 Å². The summed E-state index contributed by atoms with van der Waals surface area (Å²) in [7, 11) is 0. The van der Waals surface area contributed by atoms with Crippen LogP contribution in [0.1, 0.15) is 38.9 Å². The Bertz CT molecular complexity index is 379. The van der Waals surface area contributed by atoms with Crippen molar-refractivity contribution in [3.05, 3.63) is 48.0 Å². The highest BCUT2D eigenvalue weighted by molar-refractivity contribution is 5.87. The summed E-state index contributed by atoms with van der Waals surface area (Å²) >= 11 is 0. The van der Waals surface area contributed by atoms with Crippen molar-refractivity contribution in [1.29, 1.82) is 0 Å². The van der Waals surface area contributed by atoms with Crippen molar-refractivity contribution in [1.82, 2.24) is 0 Å². The van der Waals surface area contributed by atoms with E-state index in [9.17, 15) is 4.79 Å². The molecule has 0 aromatic heterocycles. The second-order valence-electron chi connectivity index (χ2n) is 4.71. The highest BCUT2D eigenvalue weighted by Crippen LogP contribution is 2.25. The second kappa shape index (κ2) is 6.24. The average molecular weight is 232 g/mol. The second-order valence-corrected chi connectivity index (χ2v) is 4.71. The minimum absolute atomic E-state index is 0.180. The lowest BCUT2D eigenvalue weighted by Gasteiger charge is -2.20. The minimum Gasteiger partial charge on any atom is -0.454 e. The van der Waals surface area contributed by atoms with Gasteiger partial charge in [-0.1, -0.05) is 50.8 Å². The smallest absolute Gasteiger partial charge is 0.333 e. The average Bonchev–Trinajstić information content (AvgIpc) is 2.28. The van der Waals surface area contributed by atoms with Crippen molar-refractivity contribution < 1.29 is 9.53 Å². The van der Waals surface area contributed by atoms with Crippen LogP contribution in [-0.2, 0) is 9.53 Å². The number of carbonyl (C=O) groups excluding carboxylic acids is 1. The van der Waals surface area contributed by atoms with E-state index >= 15 is 0 Å². The quantitative estimate of drug-likeness (QED) is 0.568. The molecule has 0 aliphatic heterocycles. The first kappa shape index (κ1) is 13.5. The van der Waals surface area contributed by atoms with Crippen LogP contribution in [0.4, 0.5) is 0 Å². The van der Waals surface area contributed by atoms with Crippen molar-refractivity contribution in [2.24, 2.45) is 5.92 Å². The lowest BCUT2D eigenvalue weighted by atomic mass is 9.99. The summed E-state index contributed by atoms with van der Waals surface area (Å²) in [5, 5.41) is 0. The molecular weight excluding hydrogens is 212 g/mol. The van der Waals surface area contributed by atoms with Gasteiger partial charge in [0.2, 0.25) is 0 Å². The highest BCUT2D eigenvalue weighted by Gasteiger charge is 2.18. The van der Waals surface area contributed by atoms with Gasteiger partial charge in [-0.05, 0) is 24.8 Å². The third kappa shape index (κ3) is 4.43. The van der Waals surface area contributed by atoms with Gasteiger partial charge >= 0.3 is 5.97 Å². The third-order valence-corrected chi connectivity index (χ3v) is 2.45. The summed E-state index contributed by atoms with van der Waals surface area (Å²) < 4.78 is 5.47. The van der Waals surface area contributed by atoms with Gasteiger partial charge in [-0.3, -0.25) is 0 Å². The number of ether oxygens (including phenoxy) is 1. The van der Waals surface area contributed by atoms with Crippen LogP contribution in [0.3, 0.4) is 0 Å². The summed E-state index contributed by atoms with van der Waals surface area (Å²) in [6.45, 7) is 9.50. The molecular formula is C15H20O2. The Morgan fingerprint density at radius 3 is 2.35 bits per heavy atom. The molecule has 0 amide bonds. The first-order chi connectivity index (χ1) is 8.00. The summed E-state index contributed by atoms with van der Waals surface area (Å²) in [5.41, 5.74) is 1.48. The fourth-order valence-corrected chi connectivity index (χ4v) is 1.58. The fraction of sp³-hybridized carbons (Fsp3) is 0.400. The molecule has 1 aromatic rings. The van der Waals surface area contributed by atoms with Crippen LogP contribution in [0, 0.1) is 5.92 Å². The molecule has 2 nitrogen and oxygen atoms in total. The van der Waals surface area contributed by atoms with Gasteiger partial charge in [-0.15, -0.1) is 0 Å². The Balaban J connectivity index is 2.81. The van der Waals surface area contributed by atoms with E-state index in [0.29, 0.717) is 11.5 Å². The van der Waals surface area contributed by atoms with E-state index < -0.39 is 0 Å². The van der Waals surface area contributed by atoms with Crippen molar-refractivity contribution in [2.75, 3.05) is 0 Å². The first-order valence-electron chi connectivity index (χ1n) is 5.92. The Morgan fingerprint density at radius 2 is 1.88 bits per heavy atom. The van der Waals surface area contributed by atoms with Crippen LogP contribution in [0.25, 0.3) is 0 Å². The Labute approximate surface area is 103 Å². The minimum atomic E-state index is -0.320. The summed E-state index contributed by atoms with van der Waals surface area (Å²) in [5.74, 6) is 0.151. The van der Waals surface area contributed by atoms with Crippen LogP contribution >= 0.6 is 0 Å². The van der Waals surface area contributed by atoms with Crippen LogP contribution in [0.2, 0.25) is 0 Å². The van der Waals surface area contributed by atoms with Crippen LogP contribution in [-0.4, -0.2) is 5.97 Å². The predicted molar refractivity (Wildman–Crippen MR) is 69.5 cm³/mol. The van der Waals surface area contributed by atoms with Crippen molar-refractivity contribution in [2.45, 2.75) is 33.3 Å². The molecule has 2 heteroatoms. The zero-order valence-electron chi connectivity index (χ0n) is 10.8. The van der Waals surface area contributed by atoms with Gasteiger partial charge < -0.3 is 4.74 Å². The van der Waals surface area contributed by atoms with E-state index in [-0.39, 0.29) is 12.1 Å². The molecule has 1 atom stereocenters. The Hall–Kier alpha value is -1.57. The van der Waals surface area contributed by atoms with Gasteiger partial charge in [-0.25, -0.2) is 4.79 Å². The molecule has 1 unspecified atom stereocenters. The molecule has 0 fully saturated rings. The molecule has 1 rings (SSSR count). The topological polar surface area (TPSA) is 26.3 Å². The van der Waals surface area contributed by atoms with Crippen molar-refractivity contribution >= 4 is 5.97 Å². The summed E-state index contributed by atoms with van der Waals surface area (Å²) in [6.07, 6.45) is 0.642. The molecule has 0 aliphatic rings. The molecule has 0 spiro atoms. The fourth-order valence-electron chi connectivity index (χ4n) is 1.58. The van der Waals surface area contributed by atoms with Gasteiger partial charge in [0, 0.05) is 5.57 Å². The standard InChI is InChI=1S/C15H20O2/c1-11(2)10-14(17-15(16)12(3)4)13-8-6-5-7-9-13/h5-9,11,14H,3,10H2,1-2,4H3. The Morgan fingerprint density at radius 1 is 1.29 bits per heavy atom. The zero-order valence-corrected chi connectivity index (χ0v) is 10.8. The number of hydrogen-bond acceptors (Lipinski definition) is 2. The molecule has 0 saturated carbocycles. The molecule has 92 valence electrons. The van der Waals surface area contributed by atoms with Crippen molar-refractivity contribution in [3.63, 3.8) is 0 Å².